The molecule has 1 aliphatic carbocycles. The number of carbonyl (C=O) groups excluding carboxylic acids is 1. The Morgan fingerprint density at radius 2 is 2.06 bits per heavy atom. The van der Waals surface area contributed by atoms with Gasteiger partial charge in [0.2, 0.25) is 0 Å². The molecule has 0 atom stereocenters. The van der Waals surface area contributed by atoms with E-state index in [1.807, 2.05) is 29.8 Å². The van der Waals surface area contributed by atoms with Crippen molar-refractivity contribution in [1.29, 1.82) is 0 Å². The summed E-state index contributed by atoms with van der Waals surface area (Å²) in [7, 11) is 1.87. The predicted molar refractivity (Wildman–Crippen MR) is 66.4 cm³/mol. The molecule has 2 aromatic rings. The highest BCUT2D eigenvalue weighted by atomic mass is 16.1. The maximum atomic E-state index is 11.8. The van der Waals surface area contributed by atoms with Crippen molar-refractivity contribution in [3.63, 3.8) is 0 Å². The summed E-state index contributed by atoms with van der Waals surface area (Å²) in [6.07, 6.45) is 5.87. The van der Waals surface area contributed by atoms with E-state index in [1.54, 1.807) is 18.3 Å². The minimum atomic E-state index is 0.00269. The van der Waals surface area contributed by atoms with Crippen molar-refractivity contribution in [2.75, 3.05) is 0 Å². The number of rotatable bonds is 0. The topological polar surface area (TPSA) is 39.1 Å². The van der Waals surface area contributed by atoms with Gasteiger partial charge < -0.3 is 4.57 Å². The molecule has 0 saturated heterocycles. The van der Waals surface area contributed by atoms with E-state index in [2.05, 4.69) is 0 Å². The second-order valence-corrected chi connectivity index (χ2v) is 4.29. The van der Waals surface area contributed by atoms with E-state index in [0.29, 0.717) is 10.9 Å². The van der Waals surface area contributed by atoms with Crippen LogP contribution >= 0.6 is 0 Å². The maximum Gasteiger partial charge on any atom is 0.189 e. The minimum absolute atomic E-state index is 0.00269. The molecule has 0 bridgehead atoms. The molecule has 3 heteroatoms. The van der Waals surface area contributed by atoms with Crippen molar-refractivity contribution in [3.05, 3.63) is 57.9 Å². The largest absolute Gasteiger partial charge is 0.350 e. The van der Waals surface area contributed by atoms with Crippen LogP contribution in [-0.2, 0) is 13.5 Å². The Labute approximate surface area is 98.0 Å². The molecule has 0 radical (unpaired) electrons. The van der Waals surface area contributed by atoms with Crippen LogP contribution in [0.2, 0.25) is 0 Å². The number of nitrogens with zero attached hydrogens (tertiary/aromatic N) is 1. The number of ketones is 1. The number of benzene rings is 1. The summed E-state index contributed by atoms with van der Waals surface area (Å²) in [5.41, 5.74) is 2.46. The van der Waals surface area contributed by atoms with Crippen molar-refractivity contribution in [1.82, 2.24) is 4.57 Å². The second kappa shape index (κ2) is 3.42. The lowest BCUT2D eigenvalue weighted by Crippen LogP contribution is -2.11. The van der Waals surface area contributed by atoms with E-state index in [4.69, 9.17) is 0 Å². The number of pyridine rings is 1. The molecule has 3 rings (SSSR count). The first kappa shape index (κ1) is 10.0. The van der Waals surface area contributed by atoms with Crippen molar-refractivity contribution >= 4 is 16.7 Å². The lowest BCUT2D eigenvalue weighted by atomic mass is 9.94. The first-order chi connectivity index (χ1) is 8.16. The molecule has 1 heterocycles. The van der Waals surface area contributed by atoms with Crippen molar-refractivity contribution < 1.29 is 4.79 Å². The summed E-state index contributed by atoms with van der Waals surface area (Å²) < 4.78 is 1.86. The lowest BCUT2D eigenvalue weighted by Gasteiger charge is -2.13. The van der Waals surface area contributed by atoms with Crippen LogP contribution in [0.3, 0.4) is 0 Å². The molecular formula is C14H11NO2. The quantitative estimate of drug-likeness (QED) is 0.686. The third kappa shape index (κ3) is 1.43. The van der Waals surface area contributed by atoms with Gasteiger partial charge in [-0.15, -0.1) is 0 Å². The number of aryl methyl sites for hydroxylation is 1. The van der Waals surface area contributed by atoms with Crippen molar-refractivity contribution in [3.8, 4) is 0 Å². The third-order valence-electron chi connectivity index (χ3n) is 3.19. The number of fused-ring (bicyclic) bond motifs is 2. The van der Waals surface area contributed by atoms with E-state index in [1.165, 1.54) is 0 Å². The summed E-state index contributed by atoms with van der Waals surface area (Å²) >= 11 is 0. The number of aromatic nitrogens is 1. The van der Waals surface area contributed by atoms with E-state index in [-0.39, 0.29) is 11.2 Å². The van der Waals surface area contributed by atoms with Crippen molar-refractivity contribution in [2.45, 2.75) is 6.42 Å². The molecule has 84 valence electrons. The Hall–Kier alpha value is -2.16. The van der Waals surface area contributed by atoms with Crippen molar-refractivity contribution in [2.24, 2.45) is 7.05 Å². The molecule has 0 unspecified atom stereocenters. The van der Waals surface area contributed by atoms with Gasteiger partial charge in [0.05, 0.1) is 5.52 Å². The number of carbonyl (C=O) groups is 1. The molecule has 0 amide bonds. The zero-order chi connectivity index (χ0) is 12.0. The van der Waals surface area contributed by atoms with Crippen LogP contribution in [0, 0.1) is 0 Å². The van der Waals surface area contributed by atoms with Gasteiger partial charge in [-0.25, -0.2) is 0 Å². The molecule has 1 aromatic carbocycles. The standard InChI is InChI=1S/C14H11NO2/c1-15-6-5-14(17)11-7-9-3-2-4-13(16)10(9)8-12(11)15/h2,4-8H,3H2,1H3. The van der Waals surface area contributed by atoms with E-state index >= 15 is 0 Å². The number of hydrogen-bond acceptors (Lipinski definition) is 2. The number of hydrogen-bond donors (Lipinski definition) is 0. The fourth-order valence-corrected chi connectivity index (χ4v) is 2.25. The summed E-state index contributed by atoms with van der Waals surface area (Å²) in [6, 6.07) is 5.21. The molecule has 0 aliphatic heterocycles. The Bertz CT molecular complexity index is 723. The van der Waals surface area contributed by atoms with E-state index < -0.39 is 0 Å². The zero-order valence-corrected chi connectivity index (χ0v) is 9.43. The average Bonchev–Trinajstić information content (AvgIpc) is 2.33. The van der Waals surface area contributed by atoms with Gasteiger partial charge in [-0.05, 0) is 30.2 Å². The smallest absolute Gasteiger partial charge is 0.189 e. The maximum absolute atomic E-state index is 11.8. The minimum Gasteiger partial charge on any atom is -0.350 e. The molecule has 0 spiro atoms. The molecule has 1 aliphatic rings. The van der Waals surface area contributed by atoms with Gasteiger partial charge >= 0.3 is 0 Å². The molecule has 17 heavy (non-hydrogen) atoms. The first-order valence-electron chi connectivity index (χ1n) is 5.50. The average molecular weight is 225 g/mol. The van der Waals surface area contributed by atoms with Gasteiger partial charge in [-0.2, -0.15) is 0 Å². The normalized spacial score (nSPS) is 14.1. The summed E-state index contributed by atoms with van der Waals surface area (Å²) in [5.74, 6) is 0.0180. The van der Waals surface area contributed by atoms with Crippen LogP contribution in [0.4, 0.5) is 0 Å². The van der Waals surface area contributed by atoms with Crippen LogP contribution in [0.1, 0.15) is 15.9 Å². The van der Waals surface area contributed by atoms with Gasteiger partial charge in [-0.1, -0.05) is 6.08 Å². The highest BCUT2D eigenvalue weighted by molar-refractivity contribution is 6.08. The third-order valence-corrected chi connectivity index (χ3v) is 3.19. The van der Waals surface area contributed by atoms with Gasteiger partial charge in [0.1, 0.15) is 0 Å². The van der Waals surface area contributed by atoms with Gasteiger partial charge in [-0.3, -0.25) is 9.59 Å². The lowest BCUT2D eigenvalue weighted by molar-refractivity contribution is 0.104. The molecular weight excluding hydrogens is 214 g/mol. The van der Waals surface area contributed by atoms with E-state index in [0.717, 1.165) is 17.5 Å². The fraction of sp³-hybridized carbons (Fsp3) is 0.143. The number of allylic oxidation sites excluding steroid dienone is 2. The first-order valence-corrected chi connectivity index (χ1v) is 5.50. The SMILES string of the molecule is Cn1ccc(=O)c2cc3c(cc21)C(=O)C=CC3. The van der Waals surface area contributed by atoms with Crippen LogP contribution in [0.25, 0.3) is 10.9 Å². The molecule has 0 saturated carbocycles. The fourth-order valence-electron chi connectivity index (χ4n) is 2.25. The summed E-state index contributed by atoms with van der Waals surface area (Å²) in [4.78, 5) is 23.5. The molecule has 3 nitrogen and oxygen atoms in total. The van der Waals surface area contributed by atoms with E-state index in [9.17, 15) is 9.59 Å². The Balaban J connectivity index is 2.45. The molecule has 0 fully saturated rings. The predicted octanol–water partition coefficient (Wildman–Crippen LogP) is 1.83. The highest BCUT2D eigenvalue weighted by Gasteiger charge is 2.15. The van der Waals surface area contributed by atoms with Gasteiger partial charge in [0.15, 0.2) is 11.2 Å². The van der Waals surface area contributed by atoms with Crippen LogP contribution < -0.4 is 5.43 Å². The Morgan fingerprint density at radius 1 is 1.24 bits per heavy atom. The second-order valence-electron chi connectivity index (χ2n) is 4.29. The Morgan fingerprint density at radius 3 is 2.88 bits per heavy atom. The monoisotopic (exact) mass is 225 g/mol. The van der Waals surface area contributed by atoms with Crippen LogP contribution in [0.5, 0.6) is 0 Å². The summed E-state index contributed by atoms with van der Waals surface area (Å²) in [5, 5.41) is 0.678. The van der Waals surface area contributed by atoms with Gasteiger partial charge in [0, 0.05) is 30.3 Å². The van der Waals surface area contributed by atoms with Crippen LogP contribution in [0.15, 0.2) is 41.3 Å². The summed E-state index contributed by atoms with van der Waals surface area (Å²) in [6.45, 7) is 0. The highest BCUT2D eigenvalue weighted by Crippen LogP contribution is 2.21. The zero-order valence-electron chi connectivity index (χ0n) is 9.43. The molecule has 1 aromatic heterocycles. The Kier molecular flexibility index (Phi) is 2.01. The van der Waals surface area contributed by atoms with Crippen LogP contribution in [-0.4, -0.2) is 10.4 Å². The molecule has 0 N–H and O–H groups in total. The van der Waals surface area contributed by atoms with Gasteiger partial charge in [0.25, 0.3) is 0 Å².